The van der Waals surface area contributed by atoms with Crippen LogP contribution in [0.5, 0.6) is 0 Å². The van der Waals surface area contributed by atoms with Crippen LogP contribution in [0.3, 0.4) is 0 Å². The fourth-order valence-electron chi connectivity index (χ4n) is 2.09. The van der Waals surface area contributed by atoms with Crippen molar-refractivity contribution < 1.29 is 4.74 Å². The van der Waals surface area contributed by atoms with Gasteiger partial charge < -0.3 is 10.5 Å². The van der Waals surface area contributed by atoms with Crippen molar-refractivity contribution in [3.63, 3.8) is 0 Å². The molecule has 1 unspecified atom stereocenters. The molecule has 0 radical (unpaired) electrons. The van der Waals surface area contributed by atoms with Crippen LogP contribution in [0.4, 0.5) is 0 Å². The number of hydrogen-bond acceptors (Lipinski definition) is 2. The van der Waals surface area contributed by atoms with Crippen molar-refractivity contribution in [1.29, 1.82) is 0 Å². The maximum atomic E-state index is 6.04. The molecule has 0 heterocycles. The molecule has 0 bridgehead atoms. The smallest absolute Gasteiger partial charge is 0.0831 e. The highest BCUT2D eigenvalue weighted by atomic mass is 16.5. The molecule has 0 aromatic carbocycles. The zero-order valence-electron chi connectivity index (χ0n) is 7.88. The van der Waals surface area contributed by atoms with Gasteiger partial charge in [0.1, 0.15) is 0 Å². The molecule has 12 heavy (non-hydrogen) atoms. The van der Waals surface area contributed by atoms with Crippen LogP contribution in [0.15, 0.2) is 12.7 Å². The molecule has 0 spiro atoms. The largest absolute Gasteiger partial charge is 0.377 e. The normalized spacial score (nSPS) is 23.8. The maximum absolute atomic E-state index is 6.04. The SMILES string of the molecule is C=CCC(N)C1(OC)CCCC1. The van der Waals surface area contributed by atoms with Crippen LogP contribution < -0.4 is 5.73 Å². The Morgan fingerprint density at radius 1 is 1.58 bits per heavy atom. The van der Waals surface area contributed by atoms with Gasteiger partial charge in [0, 0.05) is 13.2 Å². The Balaban J connectivity index is 2.58. The highest BCUT2D eigenvalue weighted by Gasteiger charge is 2.38. The van der Waals surface area contributed by atoms with E-state index in [-0.39, 0.29) is 11.6 Å². The molecule has 2 heteroatoms. The highest BCUT2D eigenvalue weighted by Crippen LogP contribution is 2.35. The molecule has 0 aromatic heterocycles. The Kier molecular flexibility index (Phi) is 3.29. The van der Waals surface area contributed by atoms with Crippen molar-refractivity contribution in [1.82, 2.24) is 0 Å². The Hall–Kier alpha value is -0.340. The first-order valence-corrected chi connectivity index (χ1v) is 4.67. The van der Waals surface area contributed by atoms with Crippen molar-refractivity contribution in [3.05, 3.63) is 12.7 Å². The summed E-state index contributed by atoms with van der Waals surface area (Å²) in [7, 11) is 1.77. The quantitative estimate of drug-likeness (QED) is 0.652. The lowest BCUT2D eigenvalue weighted by Gasteiger charge is -2.33. The van der Waals surface area contributed by atoms with Gasteiger partial charge in [-0.2, -0.15) is 0 Å². The molecule has 2 nitrogen and oxygen atoms in total. The molecule has 2 N–H and O–H groups in total. The highest BCUT2D eigenvalue weighted by molar-refractivity contribution is 4.97. The molecule has 70 valence electrons. The fourth-order valence-corrected chi connectivity index (χ4v) is 2.09. The van der Waals surface area contributed by atoms with Gasteiger partial charge in [-0.3, -0.25) is 0 Å². The predicted molar refractivity (Wildman–Crippen MR) is 51.0 cm³/mol. The first-order chi connectivity index (χ1) is 5.75. The van der Waals surface area contributed by atoms with E-state index in [0.717, 1.165) is 19.3 Å². The second-order valence-electron chi connectivity index (χ2n) is 3.61. The van der Waals surface area contributed by atoms with E-state index in [1.165, 1.54) is 12.8 Å². The van der Waals surface area contributed by atoms with E-state index in [0.29, 0.717) is 0 Å². The van der Waals surface area contributed by atoms with E-state index >= 15 is 0 Å². The zero-order valence-corrected chi connectivity index (χ0v) is 7.88. The van der Waals surface area contributed by atoms with E-state index in [4.69, 9.17) is 10.5 Å². The monoisotopic (exact) mass is 169 g/mol. The number of methoxy groups -OCH3 is 1. The van der Waals surface area contributed by atoms with Gasteiger partial charge in [-0.25, -0.2) is 0 Å². The lowest BCUT2D eigenvalue weighted by atomic mass is 9.90. The van der Waals surface area contributed by atoms with Crippen LogP contribution in [-0.2, 0) is 4.74 Å². The molecule has 1 atom stereocenters. The molecule has 0 aromatic rings. The van der Waals surface area contributed by atoms with Gasteiger partial charge in [0.25, 0.3) is 0 Å². The minimum atomic E-state index is -0.0474. The number of hydrogen-bond donors (Lipinski definition) is 1. The summed E-state index contributed by atoms with van der Waals surface area (Å²) in [6.07, 6.45) is 7.45. The van der Waals surface area contributed by atoms with E-state index in [2.05, 4.69) is 6.58 Å². The van der Waals surface area contributed by atoms with Crippen molar-refractivity contribution >= 4 is 0 Å². The van der Waals surface area contributed by atoms with Crippen LogP contribution in [-0.4, -0.2) is 18.8 Å². The third-order valence-electron chi connectivity index (χ3n) is 2.95. The fraction of sp³-hybridized carbons (Fsp3) is 0.800. The Morgan fingerprint density at radius 2 is 2.17 bits per heavy atom. The summed E-state index contributed by atoms with van der Waals surface area (Å²) in [5.74, 6) is 0. The number of ether oxygens (including phenoxy) is 1. The predicted octanol–water partition coefficient (Wildman–Crippen LogP) is 1.85. The summed E-state index contributed by atoms with van der Waals surface area (Å²) in [6.45, 7) is 3.70. The van der Waals surface area contributed by atoms with E-state index in [1.807, 2.05) is 6.08 Å². The Labute approximate surface area is 74.8 Å². The van der Waals surface area contributed by atoms with Gasteiger partial charge in [-0.15, -0.1) is 6.58 Å². The average Bonchev–Trinajstić information content (AvgIpc) is 2.54. The number of rotatable bonds is 4. The zero-order chi connectivity index (χ0) is 9.03. The minimum absolute atomic E-state index is 0.0474. The van der Waals surface area contributed by atoms with Gasteiger partial charge in [0.05, 0.1) is 5.60 Å². The van der Waals surface area contributed by atoms with E-state index < -0.39 is 0 Å². The van der Waals surface area contributed by atoms with Gasteiger partial charge in [0.2, 0.25) is 0 Å². The van der Waals surface area contributed by atoms with Crippen LogP contribution in [0, 0.1) is 0 Å². The van der Waals surface area contributed by atoms with Gasteiger partial charge in [-0.1, -0.05) is 18.9 Å². The second-order valence-corrected chi connectivity index (χ2v) is 3.61. The topological polar surface area (TPSA) is 35.2 Å². The summed E-state index contributed by atoms with van der Waals surface area (Å²) < 4.78 is 5.54. The van der Waals surface area contributed by atoms with Crippen molar-refractivity contribution in [2.24, 2.45) is 5.73 Å². The van der Waals surface area contributed by atoms with Crippen molar-refractivity contribution in [2.45, 2.75) is 43.7 Å². The standard InChI is InChI=1S/C10H19NO/c1-3-6-9(11)10(12-2)7-4-5-8-10/h3,9H,1,4-8,11H2,2H3. The van der Waals surface area contributed by atoms with Crippen LogP contribution in [0.2, 0.25) is 0 Å². The molecular formula is C10H19NO. The van der Waals surface area contributed by atoms with Gasteiger partial charge in [0.15, 0.2) is 0 Å². The Morgan fingerprint density at radius 3 is 2.58 bits per heavy atom. The lowest BCUT2D eigenvalue weighted by Crippen LogP contribution is -2.47. The number of nitrogens with two attached hydrogens (primary N) is 1. The van der Waals surface area contributed by atoms with E-state index in [1.54, 1.807) is 7.11 Å². The summed E-state index contributed by atoms with van der Waals surface area (Å²) in [5.41, 5.74) is 5.99. The molecule has 1 aliphatic rings. The lowest BCUT2D eigenvalue weighted by molar-refractivity contribution is -0.0247. The molecule has 0 aliphatic heterocycles. The summed E-state index contributed by atoms with van der Waals surface area (Å²) in [6, 6.07) is 0.127. The van der Waals surface area contributed by atoms with Crippen LogP contribution in [0.25, 0.3) is 0 Å². The molecule has 0 amide bonds. The third-order valence-corrected chi connectivity index (χ3v) is 2.95. The molecule has 1 rings (SSSR count). The summed E-state index contributed by atoms with van der Waals surface area (Å²) >= 11 is 0. The van der Waals surface area contributed by atoms with E-state index in [9.17, 15) is 0 Å². The van der Waals surface area contributed by atoms with Crippen molar-refractivity contribution in [3.8, 4) is 0 Å². The third kappa shape index (κ3) is 1.70. The minimum Gasteiger partial charge on any atom is -0.377 e. The first-order valence-electron chi connectivity index (χ1n) is 4.67. The maximum Gasteiger partial charge on any atom is 0.0831 e. The van der Waals surface area contributed by atoms with Crippen molar-refractivity contribution in [2.75, 3.05) is 7.11 Å². The van der Waals surface area contributed by atoms with Gasteiger partial charge in [-0.05, 0) is 19.3 Å². The van der Waals surface area contributed by atoms with Crippen LogP contribution >= 0.6 is 0 Å². The summed E-state index contributed by atoms with van der Waals surface area (Å²) in [5, 5.41) is 0. The molecular weight excluding hydrogens is 150 g/mol. The first kappa shape index (κ1) is 9.75. The molecule has 1 aliphatic carbocycles. The summed E-state index contributed by atoms with van der Waals surface area (Å²) in [4.78, 5) is 0. The molecule has 0 saturated heterocycles. The van der Waals surface area contributed by atoms with Gasteiger partial charge >= 0.3 is 0 Å². The second kappa shape index (κ2) is 4.06. The molecule has 1 fully saturated rings. The molecule has 1 saturated carbocycles. The van der Waals surface area contributed by atoms with Crippen LogP contribution in [0.1, 0.15) is 32.1 Å². The average molecular weight is 169 g/mol. The Bertz CT molecular complexity index is 150.